The SMILES string of the molecule is O=C(C1CCCCCC1)N(O)c1ccccc1. The van der Waals surface area contributed by atoms with Gasteiger partial charge in [-0.25, -0.2) is 0 Å². The average Bonchev–Trinajstić information content (AvgIpc) is 2.67. The number of hydrogen-bond acceptors (Lipinski definition) is 2. The third-order valence-corrected chi connectivity index (χ3v) is 3.41. The van der Waals surface area contributed by atoms with Crippen LogP contribution in [0.15, 0.2) is 30.3 Å². The highest BCUT2D eigenvalue weighted by atomic mass is 16.5. The fourth-order valence-corrected chi connectivity index (χ4v) is 2.40. The fraction of sp³-hybridized carbons (Fsp3) is 0.500. The van der Waals surface area contributed by atoms with Crippen molar-refractivity contribution >= 4 is 11.6 Å². The van der Waals surface area contributed by atoms with Crippen LogP contribution in [-0.2, 0) is 4.79 Å². The van der Waals surface area contributed by atoms with Gasteiger partial charge in [0.05, 0.1) is 5.69 Å². The van der Waals surface area contributed by atoms with Gasteiger partial charge in [0.2, 0.25) is 0 Å². The maximum absolute atomic E-state index is 12.1. The van der Waals surface area contributed by atoms with E-state index in [0.717, 1.165) is 30.7 Å². The highest BCUT2D eigenvalue weighted by molar-refractivity contribution is 5.92. The van der Waals surface area contributed by atoms with Gasteiger partial charge in [-0.3, -0.25) is 10.0 Å². The first-order chi connectivity index (χ1) is 8.29. The molecule has 1 aliphatic carbocycles. The molecule has 17 heavy (non-hydrogen) atoms. The molecule has 0 aliphatic heterocycles. The van der Waals surface area contributed by atoms with Gasteiger partial charge in [-0.05, 0) is 25.0 Å². The number of para-hydroxylation sites is 1. The maximum atomic E-state index is 12.1. The molecule has 2 rings (SSSR count). The van der Waals surface area contributed by atoms with E-state index in [1.807, 2.05) is 18.2 Å². The summed E-state index contributed by atoms with van der Waals surface area (Å²) in [5.74, 6) is -0.166. The molecule has 0 radical (unpaired) electrons. The lowest BCUT2D eigenvalue weighted by atomic mass is 9.99. The van der Waals surface area contributed by atoms with Gasteiger partial charge in [-0.1, -0.05) is 43.9 Å². The van der Waals surface area contributed by atoms with Crippen molar-refractivity contribution in [3.63, 3.8) is 0 Å². The Balaban J connectivity index is 2.03. The predicted octanol–water partition coefficient (Wildman–Crippen LogP) is 3.38. The van der Waals surface area contributed by atoms with Crippen LogP contribution in [0.2, 0.25) is 0 Å². The van der Waals surface area contributed by atoms with Crippen molar-refractivity contribution < 1.29 is 10.0 Å². The molecule has 3 nitrogen and oxygen atoms in total. The Morgan fingerprint density at radius 1 is 1.06 bits per heavy atom. The van der Waals surface area contributed by atoms with Crippen LogP contribution in [0.25, 0.3) is 0 Å². The molecule has 0 heterocycles. The van der Waals surface area contributed by atoms with Crippen LogP contribution in [0.4, 0.5) is 5.69 Å². The summed E-state index contributed by atoms with van der Waals surface area (Å²) in [6, 6.07) is 8.99. The molecule has 1 aromatic carbocycles. The lowest BCUT2D eigenvalue weighted by molar-refractivity contribution is -0.128. The predicted molar refractivity (Wildman–Crippen MR) is 66.9 cm³/mol. The number of carbonyl (C=O) groups excluding carboxylic acids is 1. The second-order valence-corrected chi connectivity index (χ2v) is 4.67. The summed E-state index contributed by atoms with van der Waals surface area (Å²) in [5.41, 5.74) is 0.557. The number of nitrogens with zero attached hydrogens (tertiary/aromatic N) is 1. The maximum Gasteiger partial charge on any atom is 0.253 e. The first-order valence-electron chi connectivity index (χ1n) is 6.37. The van der Waals surface area contributed by atoms with Crippen LogP contribution in [0.5, 0.6) is 0 Å². The Morgan fingerprint density at radius 2 is 1.65 bits per heavy atom. The van der Waals surface area contributed by atoms with Gasteiger partial charge < -0.3 is 0 Å². The first-order valence-corrected chi connectivity index (χ1v) is 6.37. The summed E-state index contributed by atoms with van der Waals surface area (Å²) < 4.78 is 0. The van der Waals surface area contributed by atoms with Gasteiger partial charge in [-0.15, -0.1) is 0 Å². The van der Waals surface area contributed by atoms with Gasteiger partial charge in [0.15, 0.2) is 0 Å². The van der Waals surface area contributed by atoms with Gasteiger partial charge in [0, 0.05) is 5.92 Å². The molecule has 0 bridgehead atoms. The number of rotatable bonds is 2. The second kappa shape index (κ2) is 5.82. The molecule has 1 N–H and O–H groups in total. The van der Waals surface area contributed by atoms with E-state index in [1.165, 1.54) is 12.8 Å². The fourth-order valence-electron chi connectivity index (χ4n) is 2.40. The van der Waals surface area contributed by atoms with Gasteiger partial charge >= 0.3 is 0 Å². The van der Waals surface area contributed by atoms with Crippen LogP contribution in [0.1, 0.15) is 38.5 Å². The number of hydrogen-bond donors (Lipinski definition) is 1. The number of carbonyl (C=O) groups is 1. The number of benzene rings is 1. The molecule has 1 aliphatic rings. The summed E-state index contributed by atoms with van der Waals surface area (Å²) in [5, 5.41) is 10.7. The monoisotopic (exact) mass is 233 g/mol. The third kappa shape index (κ3) is 3.07. The summed E-state index contributed by atoms with van der Waals surface area (Å²) in [7, 11) is 0. The Labute approximate surface area is 102 Å². The van der Waals surface area contributed by atoms with Crippen molar-refractivity contribution in [2.45, 2.75) is 38.5 Å². The van der Waals surface area contributed by atoms with Crippen molar-refractivity contribution in [3.8, 4) is 0 Å². The third-order valence-electron chi connectivity index (χ3n) is 3.41. The van der Waals surface area contributed by atoms with Crippen LogP contribution >= 0.6 is 0 Å². The highest BCUT2D eigenvalue weighted by Crippen LogP contribution is 2.25. The van der Waals surface area contributed by atoms with E-state index in [-0.39, 0.29) is 11.8 Å². The van der Waals surface area contributed by atoms with E-state index in [4.69, 9.17) is 0 Å². The van der Waals surface area contributed by atoms with Crippen LogP contribution in [0, 0.1) is 5.92 Å². The summed E-state index contributed by atoms with van der Waals surface area (Å²) in [4.78, 5) is 12.1. The topological polar surface area (TPSA) is 40.5 Å². The Hall–Kier alpha value is -1.35. The van der Waals surface area contributed by atoms with Gasteiger partial charge in [-0.2, -0.15) is 5.06 Å². The lowest BCUT2D eigenvalue weighted by Gasteiger charge is -2.20. The molecule has 92 valence electrons. The zero-order valence-electron chi connectivity index (χ0n) is 10.0. The number of hydroxylamine groups is 1. The Kier molecular flexibility index (Phi) is 4.15. The molecule has 1 fully saturated rings. The molecule has 1 aromatic rings. The minimum Gasteiger partial charge on any atom is -0.281 e. The molecule has 0 saturated heterocycles. The highest BCUT2D eigenvalue weighted by Gasteiger charge is 2.25. The first kappa shape index (κ1) is 12.1. The summed E-state index contributed by atoms with van der Waals surface area (Å²) in [6.45, 7) is 0. The second-order valence-electron chi connectivity index (χ2n) is 4.67. The lowest BCUT2D eigenvalue weighted by Crippen LogP contribution is -2.33. The van der Waals surface area contributed by atoms with Gasteiger partial charge in [0.1, 0.15) is 0 Å². The molecule has 3 heteroatoms. The molecule has 0 unspecified atom stereocenters. The van der Waals surface area contributed by atoms with Crippen molar-refractivity contribution in [1.82, 2.24) is 0 Å². The van der Waals surface area contributed by atoms with E-state index in [9.17, 15) is 10.0 Å². The minimum atomic E-state index is -0.155. The van der Waals surface area contributed by atoms with E-state index < -0.39 is 0 Å². The minimum absolute atomic E-state index is 0.0114. The molecule has 0 spiro atoms. The molecule has 0 atom stereocenters. The van der Waals surface area contributed by atoms with E-state index >= 15 is 0 Å². The van der Waals surface area contributed by atoms with E-state index in [0.29, 0.717) is 5.69 Å². The Morgan fingerprint density at radius 3 is 2.24 bits per heavy atom. The number of anilines is 1. The summed E-state index contributed by atoms with van der Waals surface area (Å²) >= 11 is 0. The van der Waals surface area contributed by atoms with Gasteiger partial charge in [0.25, 0.3) is 5.91 Å². The average molecular weight is 233 g/mol. The molecule has 0 aromatic heterocycles. The van der Waals surface area contributed by atoms with E-state index in [1.54, 1.807) is 12.1 Å². The van der Waals surface area contributed by atoms with Crippen molar-refractivity contribution in [2.24, 2.45) is 5.92 Å². The van der Waals surface area contributed by atoms with Crippen molar-refractivity contribution in [2.75, 3.05) is 5.06 Å². The largest absolute Gasteiger partial charge is 0.281 e. The Bertz CT molecular complexity index is 356. The van der Waals surface area contributed by atoms with Crippen molar-refractivity contribution in [1.29, 1.82) is 0 Å². The van der Waals surface area contributed by atoms with Crippen molar-refractivity contribution in [3.05, 3.63) is 30.3 Å². The molecular formula is C14H19NO2. The summed E-state index contributed by atoms with van der Waals surface area (Å²) in [6.07, 6.45) is 6.42. The standard InChI is InChI=1S/C14H19NO2/c16-14(12-8-4-1-2-5-9-12)15(17)13-10-6-3-7-11-13/h3,6-7,10-12,17H,1-2,4-5,8-9H2. The zero-order chi connectivity index (χ0) is 12.1. The van der Waals surface area contributed by atoms with Crippen LogP contribution in [0.3, 0.4) is 0 Å². The van der Waals surface area contributed by atoms with E-state index in [2.05, 4.69) is 0 Å². The smallest absolute Gasteiger partial charge is 0.253 e. The molecule has 1 saturated carbocycles. The molecule has 1 amide bonds. The zero-order valence-corrected chi connectivity index (χ0v) is 10.0. The normalized spacial score (nSPS) is 17.5. The number of amides is 1. The van der Waals surface area contributed by atoms with Crippen LogP contribution < -0.4 is 5.06 Å². The van der Waals surface area contributed by atoms with Crippen LogP contribution in [-0.4, -0.2) is 11.1 Å². The molecular weight excluding hydrogens is 214 g/mol. The quantitative estimate of drug-likeness (QED) is 0.483.